The van der Waals surface area contributed by atoms with Crippen LogP contribution in [0.3, 0.4) is 0 Å². The SMILES string of the molecule is CC(C)N1C2CC(OC(=O)C(C)(C)C)CC1C(O)C2. The second-order valence-corrected chi connectivity index (χ2v) is 7.31. The van der Waals surface area contributed by atoms with Crippen molar-refractivity contribution in [3.05, 3.63) is 0 Å². The average Bonchev–Trinajstić information content (AvgIpc) is 2.45. The van der Waals surface area contributed by atoms with Crippen LogP contribution in [0.4, 0.5) is 0 Å². The Hall–Kier alpha value is -0.610. The zero-order valence-corrected chi connectivity index (χ0v) is 12.7. The van der Waals surface area contributed by atoms with Gasteiger partial charge in [-0.2, -0.15) is 0 Å². The Morgan fingerprint density at radius 2 is 1.89 bits per heavy atom. The zero-order chi connectivity index (χ0) is 14.4. The molecule has 0 aliphatic carbocycles. The summed E-state index contributed by atoms with van der Waals surface area (Å²) in [7, 11) is 0. The lowest BCUT2D eigenvalue weighted by Crippen LogP contribution is -2.51. The van der Waals surface area contributed by atoms with E-state index >= 15 is 0 Å². The Balaban J connectivity index is 2.01. The predicted octanol–water partition coefficient (Wildman–Crippen LogP) is 1.95. The molecule has 2 aliphatic rings. The van der Waals surface area contributed by atoms with Crippen molar-refractivity contribution in [1.29, 1.82) is 0 Å². The van der Waals surface area contributed by atoms with Crippen LogP contribution in [-0.2, 0) is 9.53 Å². The number of rotatable bonds is 2. The number of nitrogens with zero attached hydrogens (tertiary/aromatic N) is 1. The van der Waals surface area contributed by atoms with Crippen LogP contribution in [0.2, 0.25) is 0 Å². The third-order valence-electron chi connectivity index (χ3n) is 4.28. The number of aliphatic hydroxyl groups excluding tert-OH is 1. The molecular weight excluding hydrogens is 242 g/mol. The normalized spacial score (nSPS) is 35.7. The van der Waals surface area contributed by atoms with E-state index in [-0.39, 0.29) is 24.2 Å². The summed E-state index contributed by atoms with van der Waals surface area (Å²) in [4.78, 5) is 14.4. The van der Waals surface area contributed by atoms with Gasteiger partial charge in [0.15, 0.2) is 0 Å². The molecule has 0 aromatic heterocycles. The number of esters is 1. The van der Waals surface area contributed by atoms with Crippen LogP contribution >= 0.6 is 0 Å². The lowest BCUT2D eigenvalue weighted by Gasteiger charge is -2.41. The van der Waals surface area contributed by atoms with E-state index in [2.05, 4.69) is 18.7 Å². The van der Waals surface area contributed by atoms with Gasteiger partial charge in [0.25, 0.3) is 0 Å². The maximum atomic E-state index is 12.0. The molecule has 4 atom stereocenters. The Kier molecular flexibility index (Phi) is 3.94. The van der Waals surface area contributed by atoms with Crippen molar-refractivity contribution in [2.75, 3.05) is 0 Å². The van der Waals surface area contributed by atoms with Crippen LogP contribution < -0.4 is 0 Å². The van der Waals surface area contributed by atoms with E-state index in [1.54, 1.807) is 0 Å². The van der Waals surface area contributed by atoms with E-state index in [9.17, 15) is 9.90 Å². The van der Waals surface area contributed by atoms with Crippen molar-refractivity contribution < 1.29 is 14.6 Å². The Labute approximate surface area is 116 Å². The van der Waals surface area contributed by atoms with Crippen molar-refractivity contribution in [2.24, 2.45) is 5.41 Å². The molecule has 110 valence electrons. The monoisotopic (exact) mass is 269 g/mol. The molecule has 0 aromatic carbocycles. The van der Waals surface area contributed by atoms with Gasteiger partial charge in [0.2, 0.25) is 0 Å². The molecule has 0 spiro atoms. The Morgan fingerprint density at radius 1 is 1.26 bits per heavy atom. The average molecular weight is 269 g/mol. The summed E-state index contributed by atoms with van der Waals surface area (Å²) in [6.45, 7) is 9.96. The molecule has 4 unspecified atom stereocenters. The number of carbonyl (C=O) groups is 1. The second-order valence-electron chi connectivity index (χ2n) is 7.31. The molecule has 0 aromatic rings. The maximum absolute atomic E-state index is 12.0. The highest BCUT2D eigenvalue weighted by molar-refractivity contribution is 5.75. The van der Waals surface area contributed by atoms with E-state index < -0.39 is 5.41 Å². The van der Waals surface area contributed by atoms with Gasteiger partial charge in [0, 0.05) is 31.0 Å². The summed E-state index contributed by atoms with van der Waals surface area (Å²) in [5.74, 6) is -0.135. The number of carbonyl (C=O) groups excluding carboxylic acids is 1. The predicted molar refractivity (Wildman–Crippen MR) is 73.7 cm³/mol. The van der Waals surface area contributed by atoms with Gasteiger partial charge in [0.05, 0.1) is 11.5 Å². The van der Waals surface area contributed by atoms with Crippen LogP contribution in [0.15, 0.2) is 0 Å². The van der Waals surface area contributed by atoms with E-state index in [1.165, 1.54) is 0 Å². The number of hydrogen-bond donors (Lipinski definition) is 1. The number of piperidine rings is 1. The molecule has 2 fully saturated rings. The first-order valence-corrected chi connectivity index (χ1v) is 7.36. The number of aliphatic hydroxyl groups is 1. The van der Waals surface area contributed by atoms with Crippen LogP contribution in [0.1, 0.15) is 53.9 Å². The molecule has 2 bridgehead atoms. The van der Waals surface area contributed by atoms with Crippen molar-refractivity contribution in [1.82, 2.24) is 4.90 Å². The summed E-state index contributed by atoms with van der Waals surface area (Å²) in [6.07, 6.45) is 2.12. The van der Waals surface area contributed by atoms with Crippen molar-refractivity contribution in [3.8, 4) is 0 Å². The lowest BCUT2D eigenvalue weighted by molar-refractivity contribution is -0.163. The highest BCUT2D eigenvalue weighted by Gasteiger charge is 2.48. The first kappa shape index (κ1) is 14.8. The Bertz CT molecular complexity index is 348. The second kappa shape index (κ2) is 5.06. The quantitative estimate of drug-likeness (QED) is 0.779. The van der Waals surface area contributed by atoms with Gasteiger partial charge in [0.1, 0.15) is 6.10 Å². The molecule has 2 heterocycles. The molecule has 4 heteroatoms. The van der Waals surface area contributed by atoms with Gasteiger partial charge in [-0.3, -0.25) is 9.69 Å². The minimum atomic E-state index is -0.452. The van der Waals surface area contributed by atoms with Gasteiger partial charge in [-0.05, 0) is 41.0 Å². The molecule has 2 rings (SSSR count). The Morgan fingerprint density at radius 3 is 2.37 bits per heavy atom. The highest BCUT2D eigenvalue weighted by atomic mass is 16.5. The highest BCUT2D eigenvalue weighted by Crippen LogP contribution is 2.39. The van der Waals surface area contributed by atoms with Crippen LogP contribution in [0.25, 0.3) is 0 Å². The smallest absolute Gasteiger partial charge is 0.311 e. The van der Waals surface area contributed by atoms with Crippen molar-refractivity contribution in [2.45, 2.75) is 84.2 Å². The topological polar surface area (TPSA) is 49.8 Å². The number of ether oxygens (including phenoxy) is 1. The van der Waals surface area contributed by atoms with Gasteiger partial charge in [-0.25, -0.2) is 0 Å². The molecule has 0 amide bonds. The van der Waals surface area contributed by atoms with Crippen LogP contribution in [0, 0.1) is 5.41 Å². The summed E-state index contributed by atoms with van der Waals surface area (Å²) in [5.41, 5.74) is -0.452. The van der Waals surface area contributed by atoms with Gasteiger partial charge in [-0.1, -0.05) is 0 Å². The van der Waals surface area contributed by atoms with Crippen LogP contribution in [-0.4, -0.2) is 46.3 Å². The third-order valence-corrected chi connectivity index (χ3v) is 4.28. The third kappa shape index (κ3) is 2.95. The maximum Gasteiger partial charge on any atom is 0.311 e. The van der Waals surface area contributed by atoms with Crippen molar-refractivity contribution >= 4 is 5.97 Å². The van der Waals surface area contributed by atoms with Crippen molar-refractivity contribution in [3.63, 3.8) is 0 Å². The standard InChI is InChI=1S/C15H27NO3/c1-9(2)16-10-6-11(8-12(16)13(17)7-10)19-14(18)15(3,4)5/h9-13,17H,6-8H2,1-5H3. The van der Waals surface area contributed by atoms with Gasteiger partial charge < -0.3 is 9.84 Å². The molecule has 19 heavy (non-hydrogen) atoms. The first-order chi connectivity index (χ1) is 8.70. The lowest BCUT2D eigenvalue weighted by atomic mass is 9.95. The van der Waals surface area contributed by atoms with Gasteiger partial charge in [-0.15, -0.1) is 0 Å². The fourth-order valence-corrected chi connectivity index (χ4v) is 3.42. The molecule has 0 saturated carbocycles. The number of hydrogen-bond acceptors (Lipinski definition) is 4. The summed E-state index contributed by atoms with van der Waals surface area (Å²) < 4.78 is 5.64. The molecule has 2 saturated heterocycles. The summed E-state index contributed by atoms with van der Waals surface area (Å²) >= 11 is 0. The van der Waals surface area contributed by atoms with E-state index in [0.29, 0.717) is 12.1 Å². The zero-order valence-electron chi connectivity index (χ0n) is 12.7. The number of fused-ring (bicyclic) bond motifs is 2. The minimum absolute atomic E-state index is 0.0334. The fraction of sp³-hybridized carbons (Fsp3) is 0.933. The largest absolute Gasteiger partial charge is 0.462 e. The summed E-state index contributed by atoms with van der Waals surface area (Å²) in [5, 5.41) is 10.1. The fourth-order valence-electron chi connectivity index (χ4n) is 3.42. The summed E-state index contributed by atoms with van der Waals surface area (Å²) in [6, 6.07) is 0.939. The van der Waals surface area contributed by atoms with E-state index in [0.717, 1.165) is 19.3 Å². The minimum Gasteiger partial charge on any atom is -0.462 e. The molecule has 1 N–H and O–H groups in total. The molecular formula is C15H27NO3. The van der Waals surface area contributed by atoms with E-state index in [1.807, 2.05) is 20.8 Å². The first-order valence-electron chi connectivity index (χ1n) is 7.36. The molecule has 4 nitrogen and oxygen atoms in total. The van der Waals surface area contributed by atoms with Gasteiger partial charge >= 0.3 is 5.97 Å². The van der Waals surface area contributed by atoms with E-state index in [4.69, 9.17) is 4.74 Å². The molecule has 0 radical (unpaired) electrons. The van der Waals surface area contributed by atoms with Crippen LogP contribution in [0.5, 0.6) is 0 Å². The molecule has 2 aliphatic heterocycles.